The summed E-state index contributed by atoms with van der Waals surface area (Å²) >= 11 is 0. The Balaban J connectivity index is 1.18. The molecule has 0 bridgehead atoms. The molecule has 0 heterocycles. The summed E-state index contributed by atoms with van der Waals surface area (Å²) in [6.45, 7) is 2.74. The van der Waals surface area contributed by atoms with Gasteiger partial charge in [0.25, 0.3) is 0 Å². The zero-order valence-electron chi connectivity index (χ0n) is 24.3. The van der Waals surface area contributed by atoms with Crippen LogP contribution in [0.2, 0.25) is 0 Å². The third kappa shape index (κ3) is 9.96. The zero-order chi connectivity index (χ0) is 29.6. The van der Waals surface area contributed by atoms with Crippen molar-refractivity contribution in [2.45, 2.75) is 51.7 Å². The van der Waals surface area contributed by atoms with E-state index in [-0.39, 0.29) is 36.5 Å². The van der Waals surface area contributed by atoms with Gasteiger partial charge < -0.3 is 15.4 Å². The molecule has 0 aliphatic carbocycles. The van der Waals surface area contributed by atoms with E-state index in [1.165, 1.54) is 0 Å². The quantitative estimate of drug-likeness (QED) is 0.180. The van der Waals surface area contributed by atoms with Gasteiger partial charge in [-0.3, -0.25) is 14.4 Å². The van der Waals surface area contributed by atoms with Crippen molar-refractivity contribution in [3.8, 4) is 0 Å². The maximum atomic E-state index is 13.1. The molecule has 218 valence electrons. The monoisotopic (exact) mass is 564 g/mol. The Morgan fingerprint density at radius 3 is 2.14 bits per heavy atom. The van der Waals surface area contributed by atoms with Crippen LogP contribution in [0.3, 0.4) is 0 Å². The molecule has 0 radical (unpaired) electrons. The molecule has 0 saturated heterocycles. The second-order valence-corrected chi connectivity index (χ2v) is 10.8. The molecular weight excluding hydrogens is 524 g/mol. The standard InChI is InChI=1S/C36H40N2O4/c1-27(21-22-37-36(41)24-31-17-10-16-30-15-8-9-18-32(30)31)23-35(40)38-25-33(39)34(20-19-28-11-4-2-5-12-28)42-26-29-13-6-3-7-14-29/h2-18,27,34H,19-26H2,1H3,(H,37,41)(H,38,40). The van der Waals surface area contributed by atoms with E-state index in [2.05, 4.69) is 10.6 Å². The van der Waals surface area contributed by atoms with Crippen molar-refractivity contribution in [2.24, 2.45) is 5.92 Å². The van der Waals surface area contributed by atoms with E-state index in [4.69, 9.17) is 4.74 Å². The van der Waals surface area contributed by atoms with Crippen molar-refractivity contribution in [3.63, 3.8) is 0 Å². The van der Waals surface area contributed by atoms with E-state index in [0.717, 1.165) is 27.5 Å². The maximum Gasteiger partial charge on any atom is 0.224 e. The van der Waals surface area contributed by atoms with Crippen LogP contribution in [0.5, 0.6) is 0 Å². The van der Waals surface area contributed by atoms with E-state index < -0.39 is 6.10 Å². The van der Waals surface area contributed by atoms with Crippen molar-refractivity contribution in [1.29, 1.82) is 0 Å². The average molecular weight is 565 g/mol. The Bertz CT molecular complexity index is 1390. The topological polar surface area (TPSA) is 84.5 Å². The summed E-state index contributed by atoms with van der Waals surface area (Å²) in [5.41, 5.74) is 3.13. The Morgan fingerprint density at radius 2 is 1.38 bits per heavy atom. The number of ether oxygens (including phenoxy) is 1. The largest absolute Gasteiger partial charge is 0.366 e. The van der Waals surface area contributed by atoms with Crippen LogP contribution in [0.15, 0.2) is 103 Å². The van der Waals surface area contributed by atoms with Gasteiger partial charge in [-0.2, -0.15) is 0 Å². The molecule has 0 aliphatic rings. The number of Topliss-reactive ketones (excluding diaryl/α,β-unsaturated/α-hetero) is 1. The SMILES string of the molecule is CC(CCNC(=O)Cc1cccc2ccccc12)CC(=O)NCC(=O)C(CCc1ccccc1)OCc1ccccc1. The van der Waals surface area contributed by atoms with Crippen LogP contribution in [-0.2, 0) is 38.6 Å². The first-order valence-corrected chi connectivity index (χ1v) is 14.7. The first kappa shape index (κ1) is 30.7. The number of hydrogen-bond donors (Lipinski definition) is 2. The van der Waals surface area contributed by atoms with Gasteiger partial charge in [-0.1, -0.05) is 110 Å². The van der Waals surface area contributed by atoms with Gasteiger partial charge in [0.2, 0.25) is 11.8 Å². The summed E-state index contributed by atoms with van der Waals surface area (Å²) in [6.07, 6.45) is 1.91. The second-order valence-electron chi connectivity index (χ2n) is 10.8. The number of rotatable bonds is 16. The molecular formula is C36H40N2O4. The number of aryl methyl sites for hydroxylation is 1. The lowest BCUT2D eigenvalue weighted by molar-refractivity contribution is -0.133. The van der Waals surface area contributed by atoms with Crippen LogP contribution in [0, 0.1) is 5.92 Å². The number of ketones is 1. The van der Waals surface area contributed by atoms with Gasteiger partial charge in [0, 0.05) is 13.0 Å². The van der Waals surface area contributed by atoms with Gasteiger partial charge in [0.05, 0.1) is 19.6 Å². The molecule has 2 atom stereocenters. The number of fused-ring (bicyclic) bond motifs is 1. The van der Waals surface area contributed by atoms with E-state index >= 15 is 0 Å². The Morgan fingerprint density at radius 1 is 0.714 bits per heavy atom. The third-order valence-corrected chi connectivity index (χ3v) is 7.38. The summed E-state index contributed by atoms with van der Waals surface area (Å²) in [5.74, 6) is -0.293. The minimum absolute atomic E-state index is 0.0364. The molecule has 6 nitrogen and oxygen atoms in total. The molecule has 4 aromatic rings. The fourth-order valence-corrected chi connectivity index (χ4v) is 4.98. The molecule has 0 fully saturated rings. The fourth-order valence-electron chi connectivity index (χ4n) is 4.98. The predicted molar refractivity (Wildman–Crippen MR) is 167 cm³/mol. The highest BCUT2D eigenvalue weighted by atomic mass is 16.5. The molecule has 4 aromatic carbocycles. The van der Waals surface area contributed by atoms with Crippen molar-refractivity contribution >= 4 is 28.4 Å². The van der Waals surface area contributed by atoms with Crippen molar-refractivity contribution in [3.05, 3.63) is 120 Å². The number of hydrogen-bond acceptors (Lipinski definition) is 4. The Kier molecular flexibility index (Phi) is 11.8. The summed E-state index contributed by atoms with van der Waals surface area (Å²) < 4.78 is 6.03. The van der Waals surface area contributed by atoms with Crippen LogP contribution in [0.4, 0.5) is 0 Å². The molecule has 42 heavy (non-hydrogen) atoms. The normalized spacial score (nSPS) is 12.4. The van der Waals surface area contributed by atoms with Gasteiger partial charge >= 0.3 is 0 Å². The summed E-state index contributed by atoms with van der Waals surface area (Å²) in [7, 11) is 0. The zero-order valence-corrected chi connectivity index (χ0v) is 24.3. The number of benzene rings is 4. The summed E-state index contributed by atoms with van der Waals surface area (Å²) in [5, 5.41) is 7.96. The number of carbonyl (C=O) groups excluding carboxylic acids is 3. The van der Waals surface area contributed by atoms with Gasteiger partial charge in [0.1, 0.15) is 6.10 Å². The minimum Gasteiger partial charge on any atom is -0.366 e. The van der Waals surface area contributed by atoms with Crippen LogP contribution in [0.1, 0.15) is 42.9 Å². The molecule has 0 spiro atoms. The van der Waals surface area contributed by atoms with E-state index in [1.54, 1.807) is 0 Å². The smallest absolute Gasteiger partial charge is 0.224 e. The van der Waals surface area contributed by atoms with E-state index in [9.17, 15) is 14.4 Å². The van der Waals surface area contributed by atoms with Crippen molar-refractivity contribution in [2.75, 3.05) is 13.1 Å². The average Bonchev–Trinajstić information content (AvgIpc) is 3.01. The van der Waals surface area contributed by atoms with Gasteiger partial charge in [-0.05, 0) is 52.6 Å². The first-order chi connectivity index (χ1) is 20.5. The van der Waals surface area contributed by atoms with E-state index in [1.807, 2.05) is 110 Å². The van der Waals surface area contributed by atoms with E-state index in [0.29, 0.717) is 38.8 Å². The number of nitrogens with one attached hydrogen (secondary N) is 2. The summed E-state index contributed by atoms with van der Waals surface area (Å²) in [4.78, 5) is 38.2. The molecule has 4 rings (SSSR count). The van der Waals surface area contributed by atoms with Crippen molar-refractivity contribution in [1.82, 2.24) is 10.6 Å². The van der Waals surface area contributed by atoms with Crippen LogP contribution in [0.25, 0.3) is 10.8 Å². The Hall–Kier alpha value is -4.29. The molecule has 0 aliphatic heterocycles. The Labute approximate surface area is 248 Å². The van der Waals surface area contributed by atoms with Crippen molar-refractivity contribution < 1.29 is 19.1 Å². The van der Waals surface area contributed by atoms with Crippen LogP contribution >= 0.6 is 0 Å². The lowest BCUT2D eigenvalue weighted by atomic mass is 10.0. The van der Waals surface area contributed by atoms with Crippen LogP contribution < -0.4 is 10.6 Å². The lowest BCUT2D eigenvalue weighted by Crippen LogP contribution is -2.37. The van der Waals surface area contributed by atoms with Gasteiger partial charge in [0.15, 0.2) is 5.78 Å². The molecule has 0 saturated carbocycles. The number of amides is 2. The first-order valence-electron chi connectivity index (χ1n) is 14.7. The van der Waals surface area contributed by atoms with Gasteiger partial charge in [-0.15, -0.1) is 0 Å². The van der Waals surface area contributed by atoms with Gasteiger partial charge in [-0.25, -0.2) is 0 Å². The highest BCUT2D eigenvalue weighted by molar-refractivity contribution is 5.90. The molecule has 0 aromatic heterocycles. The molecule has 2 N–H and O–H groups in total. The summed E-state index contributed by atoms with van der Waals surface area (Å²) in [6, 6.07) is 33.8. The minimum atomic E-state index is -0.611. The molecule has 2 unspecified atom stereocenters. The predicted octanol–water partition coefficient (Wildman–Crippen LogP) is 5.82. The number of carbonyl (C=O) groups is 3. The molecule has 6 heteroatoms. The highest BCUT2D eigenvalue weighted by Gasteiger charge is 2.20. The highest BCUT2D eigenvalue weighted by Crippen LogP contribution is 2.19. The second kappa shape index (κ2) is 16.2. The maximum absolute atomic E-state index is 13.1. The fraction of sp³-hybridized carbons (Fsp3) is 0.306. The van der Waals surface area contributed by atoms with Crippen LogP contribution in [-0.4, -0.2) is 36.8 Å². The lowest BCUT2D eigenvalue weighted by Gasteiger charge is -2.18. The third-order valence-electron chi connectivity index (χ3n) is 7.38. The molecule has 2 amide bonds.